The second-order valence-corrected chi connectivity index (χ2v) is 15.5. The highest BCUT2D eigenvalue weighted by Crippen LogP contribution is 2.38. The Balaban J connectivity index is 1.06. The number of hydrogen-bond donors (Lipinski definition) is 1. The number of halogens is 4. The molecular formula is C42H43Cl2F2N3O7. The molecule has 14 heteroatoms. The molecule has 296 valence electrons. The second kappa shape index (κ2) is 18.2. The van der Waals surface area contributed by atoms with Crippen LogP contribution in [0, 0.1) is 17.0 Å². The van der Waals surface area contributed by atoms with Crippen molar-refractivity contribution in [2.45, 2.75) is 69.9 Å². The Morgan fingerprint density at radius 1 is 0.893 bits per heavy atom. The average molecular weight is 811 g/mol. The van der Waals surface area contributed by atoms with Crippen LogP contribution in [0.15, 0.2) is 85.2 Å². The number of rotatable bonds is 17. The van der Waals surface area contributed by atoms with E-state index in [2.05, 4.69) is 10.2 Å². The maximum absolute atomic E-state index is 13.6. The van der Waals surface area contributed by atoms with Crippen LogP contribution < -0.4 is 19.5 Å². The zero-order valence-corrected chi connectivity index (χ0v) is 32.1. The normalized spacial score (nSPS) is 20.0. The first-order valence-corrected chi connectivity index (χ1v) is 19.6. The molecular weight excluding hydrogens is 767 g/mol. The predicted octanol–water partition coefficient (Wildman–Crippen LogP) is 7.56. The fraction of sp³-hybridized carbons (Fsp3) is 0.405. The average Bonchev–Trinajstić information content (AvgIpc) is 4.01. The SMILES string of the molecule is O=C(Cc1cccc(CNC(C(=O)O[C@H]2CN3CCC2CC3)c2ccccc2)c1)OC(Cc1c(Cl)c[n+]([O-])cc1Cl)c1ccc(OC(F)F)c(OCC2CC2)c1. The van der Waals surface area contributed by atoms with Crippen LogP contribution in [0.3, 0.4) is 0 Å². The number of alkyl halides is 2. The summed E-state index contributed by atoms with van der Waals surface area (Å²) >= 11 is 12.8. The Labute approximate surface area is 334 Å². The summed E-state index contributed by atoms with van der Waals surface area (Å²) in [5.74, 6) is -0.265. The highest BCUT2D eigenvalue weighted by Gasteiger charge is 2.38. The third kappa shape index (κ3) is 10.5. The molecule has 1 N–H and O–H groups in total. The van der Waals surface area contributed by atoms with E-state index >= 15 is 0 Å². The van der Waals surface area contributed by atoms with Crippen LogP contribution in [0.4, 0.5) is 8.78 Å². The second-order valence-electron chi connectivity index (χ2n) is 14.6. The number of ether oxygens (including phenoxy) is 4. The van der Waals surface area contributed by atoms with Gasteiger partial charge in [-0.15, -0.1) is 0 Å². The van der Waals surface area contributed by atoms with E-state index < -0.39 is 24.7 Å². The molecule has 0 amide bonds. The molecule has 4 aliphatic rings. The van der Waals surface area contributed by atoms with Crippen molar-refractivity contribution in [1.82, 2.24) is 10.2 Å². The van der Waals surface area contributed by atoms with Gasteiger partial charge in [-0.3, -0.25) is 15.0 Å². The number of piperidine rings is 3. The predicted molar refractivity (Wildman–Crippen MR) is 204 cm³/mol. The van der Waals surface area contributed by atoms with Gasteiger partial charge in [-0.2, -0.15) is 13.5 Å². The number of benzene rings is 3. The van der Waals surface area contributed by atoms with Crippen molar-refractivity contribution in [2.24, 2.45) is 11.8 Å². The third-order valence-corrected chi connectivity index (χ3v) is 11.2. The van der Waals surface area contributed by atoms with E-state index in [9.17, 15) is 23.6 Å². The molecule has 4 aromatic rings. The van der Waals surface area contributed by atoms with Crippen LogP contribution in [-0.2, 0) is 38.4 Å². The monoisotopic (exact) mass is 809 g/mol. The van der Waals surface area contributed by atoms with Gasteiger partial charge in [0.2, 0.25) is 0 Å². The van der Waals surface area contributed by atoms with Gasteiger partial charge < -0.3 is 24.2 Å². The Morgan fingerprint density at radius 2 is 1.62 bits per heavy atom. The minimum atomic E-state index is -3.07. The first kappa shape index (κ1) is 39.7. The summed E-state index contributed by atoms with van der Waals surface area (Å²) < 4.78 is 49.8. The Morgan fingerprint density at radius 3 is 2.30 bits per heavy atom. The molecule has 1 saturated carbocycles. The van der Waals surface area contributed by atoms with E-state index in [0.29, 0.717) is 46.4 Å². The first-order valence-electron chi connectivity index (χ1n) is 18.8. The van der Waals surface area contributed by atoms with Crippen LogP contribution in [0.25, 0.3) is 0 Å². The molecule has 3 aliphatic heterocycles. The van der Waals surface area contributed by atoms with E-state index in [-0.39, 0.29) is 46.5 Å². The van der Waals surface area contributed by atoms with Crippen molar-refractivity contribution in [2.75, 3.05) is 26.2 Å². The molecule has 56 heavy (non-hydrogen) atoms. The number of fused-ring (bicyclic) bond motifs is 3. The highest BCUT2D eigenvalue weighted by molar-refractivity contribution is 6.35. The van der Waals surface area contributed by atoms with Gasteiger partial charge in [0.1, 0.15) is 28.3 Å². The lowest BCUT2D eigenvalue weighted by molar-refractivity contribution is -0.605. The molecule has 10 nitrogen and oxygen atoms in total. The molecule has 3 atom stereocenters. The van der Waals surface area contributed by atoms with Crippen molar-refractivity contribution in [3.8, 4) is 11.5 Å². The van der Waals surface area contributed by atoms with Crippen molar-refractivity contribution in [3.63, 3.8) is 0 Å². The Hall–Kier alpha value is -4.49. The van der Waals surface area contributed by atoms with Gasteiger partial charge in [-0.1, -0.05) is 83.9 Å². The van der Waals surface area contributed by atoms with E-state index in [1.807, 2.05) is 48.5 Å². The largest absolute Gasteiger partial charge is 0.619 e. The van der Waals surface area contributed by atoms with Crippen LogP contribution in [0.1, 0.15) is 65.6 Å². The van der Waals surface area contributed by atoms with Gasteiger partial charge in [0.25, 0.3) is 0 Å². The fourth-order valence-corrected chi connectivity index (χ4v) is 7.94. The number of aromatic nitrogens is 1. The summed E-state index contributed by atoms with van der Waals surface area (Å²) in [5, 5.41) is 15.5. The molecule has 8 rings (SSSR count). The lowest BCUT2D eigenvalue weighted by Gasteiger charge is -2.44. The molecule has 4 heterocycles. The van der Waals surface area contributed by atoms with Gasteiger partial charge in [0.15, 0.2) is 23.9 Å². The molecule has 1 aliphatic carbocycles. The summed E-state index contributed by atoms with van der Waals surface area (Å²) in [6.45, 7) is 0.426. The van der Waals surface area contributed by atoms with Crippen molar-refractivity contribution >= 4 is 35.1 Å². The lowest BCUT2D eigenvalue weighted by atomic mass is 9.86. The Kier molecular flexibility index (Phi) is 12.9. The molecule has 2 unspecified atom stereocenters. The van der Waals surface area contributed by atoms with Gasteiger partial charge in [0.05, 0.1) is 13.0 Å². The van der Waals surface area contributed by atoms with Gasteiger partial charge in [-0.25, -0.2) is 4.79 Å². The molecule has 3 saturated heterocycles. The Bertz CT molecular complexity index is 1970. The number of nitrogens with one attached hydrogen (secondary N) is 1. The zero-order valence-electron chi connectivity index (χ0n) is 30.6. The lowest BCUT2D eigenvalue weighted by Crippen LogP contribution is -2.52. The third-order valence-electron chi connectivity index (χ3n) is 10.5. The van der Waals surface area contributed by atoms with Gasteiger partial charge in [-0.05, 0) is 85.0 Å². The summed E-state index contributed by atoms with van der Waals surface area (Å²) in [6, 6.07) is 20.5. The van der Waals surface area contributed by atoms with E-state index in [1.54, 1.807) is 6.07 Å². The standard InChI is InChI=1S/C42H43Cl2F2N3O7/c43-33-22-49(52)23-34(44)32(33)20-36(31-11-12-35(56-42(45)46)37(19-31)53-25-26-9-10-26)54-39(50)18-27-5-4-6-28(17-27)21-47-40(30-7-2-1-3-8-30)41(51)55-38-24-48-15-13-29(38)14-16-48/h1-8,11-12,17,19,22-23,26,29,36,38,40,42,47H,9-10,13-16,18,20-21,24-25H2/t36?,38-,40?/m0/s1. The molecule has 0 radical (unpaired) electrons. The highest BCUT2D eigenvalue weighted by atomic mass is 35.5. The van der Waals surface area contributed by atoms with E-state index in [1.165, 1.54) is 18.2 Å². The number of pyridine rings is 1. The van der Waals surface area contributed by atoms with Crippen molar-refractivity contribution in [3.05, 3.63) is 128 Å². The quantitative estimate of drug-likeness (QED) is 0.0657. The summed E-state index contributed by atoms with van der Waals surface area (Å²) in [5.41, 5.74) is 3.08. The topological polar surface area (TPSA) is 113 Å². The zero-order chi connectivity index (χ0) is 39.2. The van der Waals surface area contributed by atoms with Crippen molar-refractivity contribution in [1.29, 1.82) is 0 Å². The summed E-state index contributed by atoms with van der Waals surface area (Å²) in [7, 11) is 0. The van der Waals surface area contributed by atoms with Gasteiger partial charge >= 0.3 is 18.6 Å². The first-order chi connectivity index (χ1) is 27.1. The maximum atomic E-state index is 13.6. The van der Waals surface area contributed by atoms with Crippen LogP contribution in [-0.4, -0.2) is 55.8 Å². The number of carbonyl (C=O) groups excluding carboxylic acids is 2. The summed E-state index contributed by atoms with van der Waals surface area (Å²) in [4.78, 5) is 29.6. The van der Waals surface area contributed by atoms with E-state index in [4.69, 9.17) is 42.1 Å². The van der Waals surface area contributed by atoms with Gasteiger partial charge in [0, 0.05) is 25.1 Å². The summed E-state index contributed by atoms with van der Waals surface area (Å²) in [6.07, 6.45) is 5.05. The van der Waals surface area contributed by atoms with Crippen molar-refractivity contribution < 1.29 is 42.0 Å². The fourth-order valence-electron chi connectivity index (χ4n) is 7.34. The number of hydrogen-bond acceptors (Lipinski definition) is 9. The maximum Gasteiger partial charge on any atom is 0.387 e. The van der Waals surface area contributed by atoms with Crippen LogP contribution in [0.5, 0.6) is 11.5 Å². The molecule has 4 fully saturated rings. The molecule has 3 aromatic carbocycles. The molecule has 1 aromatic heterocycles. The number of esters is 2. The van der Waals surface area contributed by atoms with Crippen LogP contribution >= 0.6 is 23.2 Å². The van der Waals surface area contributed by atoms with Crippen LogP contribution in [0.2, 0.25) is 10.0 Å². The number of nitrogens with zero attached hydrogens (tertiary/aromatic N) is 2. The van der Waals surface area contributed by atoms with E-state index in [0.717, 1.165) is 68.8 Å². The smallest absolute Gasteiger partial charge is 0.387 e. The minimum absolute atomic E-state index is 0.0259. The number of carbonyl (C=O) groups is 2. The molecule has 2 bridgehead atoms. The molecule has 0 spiro atoms. The minimum Gasteiger partial charge on any atom is -0.619 e.